The molecule has 0 spiro atoms. The molecule has 1 N–H and O–H groups in total. The van der Waals surface area contributed by atoms with Gasteiger partial charge in [-0.25, -0.2) is 4.79 Å². The summed E-state index contributed by atoms with van der Waals surface area (Å²) < 4.78 is 18.7. The highest BCUT2D eigenvalue weighted by atomic mass is 79.9. The quantitative estimate of drug-likeness (QED) is 0.582. The van der Waals surface area contributed by atoms with E-state index in [1.807, 2.05) is 29.8 Å². The van der Waals surface area contributed by atoms with Crippen LogP contribution in [0.4, 0.5) is 0 Å². The molecule has 1 heterocycles. The van der Waals surface area contributed by atoms with Crippen molar-refractivity contribution in [2.75, 3.05) is 13.7 Å². The van der Waals surface area contributed by atoms with Gasteiger partial charge in [0.05, 0.1) is 35.0 Å². The first-order valence-electron chi connectivity index (χ1n) is 8.40. The number of carbonyl (C=O) groups is 1. The number of rotatable bonds is 6. The van der Waals surface area contributed by atoms with Crippen molar-refractivity contribution in [2.24, 2.45) is 7.05 Å². The van der Waals surface area contributed by atoms with Crippen LogP contribution in [-0.4, -0.2) is 29.4 Å². The summed E-state index contributed by atoms with van der Waals surface area (Å²) in [4.78, 5) is 12.6. The molecule has 3 aromatic rings. The lowest BCUT2D eigenvalue weighted by molar-refractivity contribution is 0.0525. The normalized spacial score (nSPS) is 10.8. The zero-order chi connectivity index (χ0) is 19.6. The van der Waals surface area contributed by atoms with Crippen molar-refractivity contribution in [1.29, 1.82) is 0 Å². The van der Waals surface area contributed by atoms with Crippen LogP contribution in [0, 0.1) is 0 Å². The number of hydrogen-bond acceptors (Lipinski definition) is 5. The molecule has 7 heteroatoms. The van der Waals surface area contributed by atoms with Gasteiger partial charge in [-0.15, -0.1) is 0 Å². The largest absolute Gasteiger partial charge is 0.507 e. The maximum Gasteiger partial charge on any atom is 0.340 e. The molecule has 0 radical (unpaired) electrons. The number of fused-ring (bicyclic) bond motifs is 1. The molecule has 0 amide bonds. The van der Waals surface area contributed by atoms with Crippen LogP contribution in [0.25, 0.3) is 10.9 Å². The van der Waals surface area contributed by atoms with Gasteiger partial charge in [-0.1, -0.05) is 6.07 Å². The molecule has 0 saturated carbocycles. The van der Waals surface area contributed by atoms with Crippen LogP contribution in [0.2, 0.25) is 0 Å². The number of nitrogens with zero attached hydrogens (tertiary/aromatic N) is 1. The Morgan fingerprint density at radius 3 is 2.67 bits per heavy atom. The Balaban J connectivity index is 2.05. The number of aryl methyl sites for hydroxylation is 1. The van der Waals surface area contributed by atoms with Gasteiger partial charge in [0.25, 0.3) is 0 Å². The summed E-state index contributed by atoms with van der Waals surface area (Å²) in [5.74, 6) is 0.912. The van der Waals surface area contributed by atoms with Gasteiger partial charge in [0.2, 0.25) is 0 Å². The van der Waals surface area contributed by atoms with Crippen LogP contribution >= 0.6 is 15.9 Å². The summed E-state index contributed by atoms with van der Waals surface area (Å²) in [6.45, 7) is 2.17. The molecule has 3 rings (SSSR count). The first-order valence-corrected chi connectivity index (χ1v) is 9.19. The van der Waals surface area contributed by atoms with Crippen LogP contribution < -0.4 is 9.47 Å². The van der Waals surface area contributed by atoms with E-state index in [-0.39, 0.29) is 19.0 Å². The van der Waals surface area contributed by atoms with Crippen molar-refractivity contribution < 1.29 is 24.1 Å². The van der Waals surface area contributed by atoms with Crippen molar-refractivity contribution >= 4 is 32.8 Å². The average molecular weight is 434 g/mol. The van der Waals surface area contributed by atoms with Gasteiger partial charge >= 0.3 is 5.97 Å². The average Bonchev–Trinajstić information content (AvgIpc) is 2.92. The van der Waals surface area contributed by atoms with E-state index in [0.717, 1.165) is 5.52 Å². The van der Waals surface area contributed by atoms with Crippen molar-refractivity contribution in [3.8, 4) is 17.2 Å². The van der Waals surface area contributed by atoms with Gasteiger partial charge in [-0.2, -0.15) is 0 Å². The van der Waals surface area contributed by atoms with Crippen LogP contribution in [0.5, 0.6) is 17.2 Å². The molecule has 27 heavy (non-hydrogen) atoms. The number of halogens is 1. The molecular weight excluding hydrogens is 414 g/mol. The van der Waals surface area contributed by atoms with Crippen molar-refractivity contribution in [1.82, 2.24) is 4.57 Å². The topological polar surface area (TPSA) is 69.9 Å². The van der Waals surface area contributed by atoms with Crippen molar-refractivity contribution in [3.05, 3.63) is 52.1 Å². The fourth-order valence-electron chi connectivity index (χ4n) is 2.94. The zero-order valence-electron chi connectivity index (χ0n) is 15.3. The molecule has 0 aliphatic carbocycles. The summed E-state index contributed by atoms with van der Waals surface area (Å²) in [7, 11) is 3.44. The van der Waals surface area contributed by atoms with E-state index in [1.54, 1.807) is 32.2 Å². The Hall–Kier alpha value is -2.67. The summed E-state index contributed by atoms with van der Waals surface area (Å²) in [5.41, 5.74) is 1.83. The number of benzene rings is 2. The van der Waals surface area contributed by atoms with Crippen LogP contribution in [0.3, 0.4) is 0 Å². The second-order valence-corrected chi connectivity index (χ2v) is 6.74. The number of ether oxygens (including phenoxy) is 3. The maximum absolute atomic E-state index is 12.6. The van der Waals surface area contributed by atoms with Crippen LogP contribution in [-0.2, 0) is 18.4 Å². The third kappa shape index (κ3) is 3.73. The van der Waals surface area contributed by atoms with Gasteiger partial charge in [-0.05, 0) is 47.1 Å². The second kappa shape index (κ2) is 7.92. The Morgan fingerprint density at radius 2 is 1.96 bits per heavy atom. The molecule has 0 saturated heterocycles. The van der Waals surface area contributed by atoms with E-state index in [0.29, 0.717) is 32.6 Å². The number of esters is 1. The fourth-order valence-corrected chi connectivity index (χ4v) is 3.27. The zero-order valence-corrected chi connectivity index (χ0v) is 16.9. The lowest BCUT2D eigenvalue weighted by Crippen LogP contribution is -2.11. The molecule has 1 aromatic heterocycles. The van der Waals surface area contributed by atoms with E-state index in [9.17, 15) is 9.90 Å². The molecular formula is C20H20BrNO5. The third-order valence-electron chi connectivity index (χ3n) is 4.29. The summed E-state index contributed by atoms with van der Waals surface area (Å²) in [6, 6.07) is 10.6. The molecule has 6 nitrogen and oxygen atoms in total. The molecule has 0 fully saturated rings. The van der Waals surface area contributed by atoms with E-state index in [1.165, 1.54) is 0 Å². The minimum absolute atomic E-state index is 0.0545. The summed E-state index contributed by atoms with van der Waals surface area (Å²) in [6.07, 6.45) is 0. The number of phenols is 1. The maximum atomic E-state index is 12.6. The Labute approximate surface area is 165 Å². The predicted molar refractivity (Wildman–Crippen MR) is 106 cm³/mol. The third-order valence-corrected chi connectivity index (χ3v) is 4.92. The van der Waals surface area contributed by atoms with E-state index >= 15 is 0 Å². The first kappa shape index (κ1) is 19.1. The van der Waals surface area contributed by atoms with E-state index in [4.69, 9.17) is 14.2 Å². The number of aromatic nitrogens is 1. The summed E-state index contributed by atoms with van der Waals surface area (Å²) in [5, 5.41) is 10.7. The highest BCUT2D eigenvalue weighted by molar-refractivity contribution is 9.10. The number of aromatic hydroxyl groups is 1. The first-order chi connectivity index (χ1) is 13.0. The van der Waals surface area contributed by atoms with E-state index < -0.39 is 5.97 Å². The monoisotopic (exact) mass is 433 g/mol. The molecule has 0 aliphatic heterocycles. The van der Waals surface area contributed by atoms with Gasteiger partial charge in [0.15, 0.2) is 0 Å². The fraction of sp³-hybridized carbons (Fsp3) is 0.250. The van der Waals surface area contributed by atoms with Crippen molar-refractivity contribution in [2.45, 2.75) is 13.5 Å². The van der Waals surface area contributed by atoms with Crippen LogP contribution in [0.1, 0.15) is 23.0 Å². The SMILES string of the molecule is CCOC(=O)c1c(COc2cccc(OC)c2)n(C)c2cc(Br)c(O)cc12. The second-order valence-electron chi connectivity index (χ2n) is 5.89. The molecule has 142 valence electrons. The van der Waals surface area contributed by atoms with Crippen LogP contribution in [0.15, 0.2) is 40.9 Å². The lowest BCUT2D eigenvalue weighted by atomic mass is 10.1. The van der Waals surface area contributed by atoms with E-state index in [2.05, 4.69) is 15.9 Å². The Morgan fingerprint density at radius 1 is 1.22 bits per heavy atom. The molecule has 0 unspecified atom stereocenters. The summed E-state index contributed by atoms with van der Waals surface area (Å²) >= 11 is 3.32. The van der Waals surface area contributed by atoms with Gasteiger partial charge < -0.3 is 23.9 Å². The number of hydrogen-bond donors (Lipinski definition) is 1. The predicted octanol–water partition coefficient (Wildman–Crippen LogP) is 4.41. The lowest BCUT2D eigenvalue weighted by Gasteiger charge is -2.11. The van der Waals surface area contributed by atoms with Gasteiger partial charge in [0, 0.05) is 18.5 Å². The van der Waals surface area contributed by atoms with Crippen molar-refractivity contribution in [3.63, 3.8) is 0 Å². The highest BCUT2D eigenvalue weighted by Crippen LogP contribution is 2.35. The standard InChI is InChI=1S/C20H20BrNO5/c1-4-26-20(24)19-14-9-18(23)15(21)10-16(14)22(2)17(19)11-27-13-7-5-6-12(8-13)25-3/h5-10,23H,4,11H2,1-3H3. The smallest absolute Gasteiger partial charge is 0.340 e. The molecule has 2 aromatic carbocycles. The van der Waals surface area contributed by atoms with Gasteiger partial charge in [-0.3, -0.25) is 0 Å². The minimum Gasteiger partial charge on any atom is -0.507 e. The molecule has 0 bridgehead atoms. The number of methoxy groups -OCH3 is 1. The Kier molecular flexibility index (Phi) is 5.60. The Bertz CT molecular complexity index is 996. The number of phenolic OH excluding ortho intramolecular Hbond substituents is 1. The molecule has 0 aliphatic rings. The van der Waals surface area contributed by atoms with Gasteiger partial charge in [0.1, 0.15) is 23.9 Å². The highest BCUT2D eigenvalue weighted by Gasteiger charge is 2.24. The molecule has 0 atom stereocenters. The minimum atomic E-state index is -0.450. The number of carbonyl (C=O) groups excluding carboxylic acids is 1.